The van der Waals surface area contributed by atoms with Gasteiger partial charge in [-0.25, -0.2) is 4.98 Å². The molecule has 0 saturated carbocycles. The molecule has 0 fully saturated rings. The molecule has 3 aromatic rings. The number of nitrogens with one attached hydrogen (secondary N) is 1. The van der Waals surface area contributed by atoms with E-state index in [0.717, 1.165) is 16.2 Å². The summed E-state index contributed by atoms with van der Waals surface area (Å²) in [6, 6.07) is 9.02. The van der Waals surface area contributed by atoms with Crippen molar-refractivity contribution < 1.29 is 14.8 Å². The standard InChI is InChI=1S/C15H9BrN4O4S/c16-9-2-3-12(22)10(6-9)14-17-15(19-18-14)25-13-4-1-8(7-21)5-11(13)20(23)24/h1-7,22H,(H,17,18,19). The van der Waals surface area contributed by atoms with Gasteiger partial charge in [0.05, 0.1) is 15.4 Å². The number of aromatic amines is 1. The quantitative estimate of drug-likeness (QED) is 0.365. The molecule has 3 rings (SSSR count). The summed E-state index contributed by atoms with van der Waals surface area (Å²) in [5, 5.41) is 28.1. The lowest BCUT2D eigenvalue weighted by molar-refractivity contribution is -0.387. The molecule has 0 amide bonds. The predicted octanol–water partition coefficient (Wildman–Crippen LogP) is 3.81. The summed E-state index contributed by atoms with van der Waals surface area (Å²) in [6.45, 7) is 0. The number of halogens is 1. The summed E-state index contributed by atoms with van der Waals surface area (Å²) in [5.41, 5.74) is 0.455. The summed E-state index contributed by atoms with van der Waals surface area (Å²) in [7, 11) is 0. The number of phenols is 1. The maximum absolute atomic E-state index is 11.2. The molecule has 0 aliphatic carbocycles. The van der Waals surface area contributed by atoms with Crippen LogP contribution in [0.15, 0.2) is 50.9 Å². The van der Waals surface area contributed by atoms with Crippen molar-refractivity contribution in [3.63, 3.8) is 0 Å². The highest BCUT2D eigenvalue weighted by atomic mass is 79.9. The van der Waals surface area contributed by atoms with Gasteiger partial charge in [-0.1, -0.05) is 22.0 Å². The first-order chi connectivity index (χ1) is 12.0. The molecule has 0 bridgehead atoms. The Labute approximate surface area is 153 Å². The SMILES string of the molecule is O=Cc1ccc(Sc2n[nH]c(-c3cc(Br)ccc3O)n2)c([N+](=O)[O-])c1. The van der Waals surface area contributed by atoms with Gasteiger partial charge in [-0.05, 0) is 36.0 Å². The average Bonchev–Trinajstić information content (AvgIpc) is 3.05. The van der Waals surface area contributed by atoms with E-state index in [-0.39, 0.29) is 22.2 Å². The fourth-order valence-electron chi connectivity index (χ4n) is 2.05. The summed E-state index contributed by atoms with van der Waals surface area (Å²) < 4.78 is 0.756. The number of nitro benzene ring substituents is 1. The van der Waals surface area contributed by atoms with Crippen molar-refractivity contribution in [1.82, 2.24) is 15.2 Å². The number of hydrogen-bond donors (Lipinski definition) is 2. The van der Waals surface area contributed by atoms with Gasteiger partial charge in [0.1, 0.15) is 12.0 Å². The van der Waals surface area contributed by atoms with Gasteiger partial charge >= 0.3 is 0 Å². The maximum atomic E-state index is 11.2. The first kappa shape index (κ1) is 17.1. The number of nitrogens with zero attached hydrogens (tertiary/aromatic N) is 3. The zero-order valence-corrected chi connectivity index (χ0v) is 14.7. The second-order valence-electron chi connectivity index (χ2n) is 4.83. The zero-order valence-electron chi connectivity index (χ0n) is 12.3. The fraction of sp³-hybridized carbons (Fsp3) is 0. The molecule has 0 aliphatic rings. The van der Waals surface area contributed by atoms with Crippen LogP contribution >= 0.6 is 27.7 Å². The molecule has 1 heterocycles. The molecule has 126 valence electrons. The van der Waals surface area contributed by atoms with Gasteiger partial charge in [0, 0.05) is 16.1 Å². The number of benzene rings is 2. The number of rotatable bonds is 5. The Hall–Kier alpha value is -2.72. The molecule has 0 spiro atoms. The van der Waals surface area contributed by atoms with Gasteiger partial charge in [0.25, 0.3) is 5.69 Å². The monoisotopic (exact) mass is 420 g/mol. The van der Waals surface area contributed by atoms with Gasteiger partial charge in [-0.2, -0.15) is 0 Å². The van der Waals surface area contributed by atoms with E-state index in [1.54, 1.807) is 12.1 Å². The summed E-state index contributed by atoms with van der Waals surface area (Å²) in [4.78, 5) is 25.9. The number of H-pyrrole nitrogens is 1. The van der Waals surface area contributed by atoms with Crippen molar-refractivity contribution in [3.8, 4) is 17.1 Å². The third-order valence-electron chi connectivity index (χ3n) is 3.20. The van der Waals surface area contributed by atoms with Crippen LogP contribution in [-0.4, -0.2) is 31.5 Å². The van der Waals surface area contributed by atoms with Crippen molar-refractivity contribution in [3.05, 3.63) is 56.5 Å². The number of phenolic OH excluding ortho intramolecular Hbond substituents is 1. The minimum Gasteiger partial charge on any atom is -0.507 e. The Kier molecular flexibility index (Phi) is 4.81. The third kappa shape index (κ3) is 3.69. The lowest BCUT2D eigenvalue weighted by Crippen LogP contribution is -1.93. The van der Waals surface area contributed by atoms with Gasteiger partial charge in [-0.15, -0.1) is 5.10 Å². The molecule has 2 N–H and O–H groups in total. The van der Waals surface area contributed by atoms with Crippen molar-refractivity contribution in [1.29, 1.82) is 0 Å². The predicted molar refractivity (Wildman–Crippen MR) is 93.8 cm³/mol. The van der Waals surface area contributed by atoms with E-state index in [1.165, 1.54) is 24.3 Å². The number of aromatic nitrogens is 3. The van der Waals surface area contributed by atoms with Crippen molar-refractivity contribution in [2.45, 2.75) is 10.1 Å². The smallest absolute Gasteiger partial charge is 0.284 e. The molecule has 0 unspecified atom stereocenters. The summed E-state index contributed by atoms with van der Waals surface area (Å²) in [5.74, 6) is 0.352. The summed E-state index contributed by atoms with van der Waals surface area (Å²) in [6.07, 6.45) is 0.544. The highest BCUT2D eigenvalue weighted by Crippen LogP contribution is 2.35. The molecule has 1 aromatic heterocycles. The van der Waals surface area contributed by atoms with Crippen LogP contribution in [0.3, 0.4) is 0 Å². The van der Waals surface area contributed by atoms with Crippen LogP contribution in [0.5, 0.6) is 5.75 Å². The van der Waals surface area contributed by atoms with Crippen LogP contribution in [0.2, 0.25) is 0 Å². The number of carbonyl (C=O) groups is 1. The van der Waals surface area contributed by atoms with Crippen LogP contribution in [0.4, 0.5) is 5.69 Å². The van der Waals surface area contributed by atoms with Crippen LogP contribution in [0, 0.1) is 10.1 Å². The second-order valence-corrected chi connectivity index (χ2v) is 6.76. The Morgan fingerprint density at radius 2 is 2.08 bits per heavy atom. The number of hydrogen-bond acceptors (Lipinski definition) is 7. The number of nitro groups is 1. The van der Waals surface area contributed by atoms with E-state index in [0.29, 0.717) is 22.6 Å². The highest BCUT2D eigenvalue weighted by molar-refractivity contribution is 9.10. The van der Waals surface area contributed by atoms with E-state index in [1.807, 2.05) is 0 Å². The Bertz CT molecular complexity index is 976. The van der Waals surface area contributed by atoms with E-state index in [2.05, 4.69) is 31.1 Å². The van der Waals surface area contributed by atoms with Crippen molar-refractivity contribution >= 4 is 39.7 Å². The van der Waals surface area contributed by atoms with Crippen molar-refractivity contribution in [2.24, 2.45) is 0 Å². The largest absolute Gasteiger partial charge is 0.507 e. The van der Waals surface area contributed by atoms with Gasteiger partial charge < -0.3 is 5.11 Å². The summed E-state index contributed by atoms with van der Waals surface area (Å²) >= 11 is 4.29. The highest BCUT2D eigenvalue weighted by Gasteiger charge is 2.18. The zero-order chi connectivity index (χ0) is 18.0. The van der Waals surface area contributed by atoms with E-state index in [9.17, 15) is 20.0 Å². The second kappa shape index (κ2) is 7.03. The number of carbonyl (C=O) groups excluding carboxylic acids is 1. The molecule has 8 nitrogen and oxygen atoms in total. The fourth-order valence-corrected chi connectivity index (χ4v) is 3.21. The minimum atomic E-state index is -0.566. The number of aromatic hydroxyl groups is 1. The molecule has 0 saturated heterocycles. The Morgan fingerprint density at radius 1 is 1.28 bits per heavy atom. The van der Waals surface area contributed by atoms with Crippen molar-refractivity contribution in [2.75, 3.05) is 0 Å². The third-order valence-corrected chi connectivity index (χ3v) is 4.62. The molecular weight excluding hydrogens is 412 g/mol. The minimum absolute atomic E-state index is 0.0252. The first-order valence-corrected chi connectivity index (χ1v) is 8.41. The Morgan fingerprint density at radius 3 is 2.80 bits per heavy atom. The molecule has 10 heteroatoms. The average molecular weight is 421 g/mol. The molecule has 2 aromatic carbocycles. The molecule has 0 radical (unpaired) electrons. The van der Waals surface area contributed by atoms with Crippen LogP contribution < -0.4 is 0 Å². The topological polar surface area (TPSA) is 122 Å². The van der Waals surface area contributed by atoms with Gasteiger partial charge in [-0.3, -0.25) is 20.0 Å². The van der Waals surface area contributed by atoms with Crippen LogP contribution in [0.1, 0.15) is 10.4 Å². The Balaban J connectivity index is 1.93. The van der Waals surface area contributed by atoms with Crippen LogP contribution in [-0.2, 0) is 0 Å². The molecule has 0 atom stereocenters. The lowest BCUT2D eigenvalue weighted by atomic mass is 10.2. The first-order valence-electron chi connectivity index (χ1n) is 6.80. The van der Waals surface area contributed by atoms with E-state index < -0.39 is 4.92 Å². The van der Waals surface area contributed by atoms with Gasteiger partial charge in [0.15, 0.2) is 5.82 Å². The molecule has 25 heavy (non-hydrogen) atoms. The molecule has 0 aliphatic heterocycles. The van der Waals surface area contributed by atoms with Gasteiger partial charge in [0.2, 0.25) is 5.16 Å². The van der Waals surface area contributed by atoms with Crippen LogP contribution in [0.25, 0.3) is 11.4 Å². The normalized spacial score (nSPS) is 10.6. The number of aldehydes is 1. The lowest BCUT2D eigenvalue weighted by Gasteiger charge is -2.01. The van der Waals surface area contributed by atoms with E-state index in [4.69, 9.17) is 0 Å². The maximum Gasteiger partial charge on any atom is 0.284 e. The molecular formula is C15H9BrN4O4S. The van der Waals surface area contributed by atoms with E-state index >= 15 is 0 Å².